The molecule has 0 aliphatic carbocycles. The second-order valence-corrected chi connectivity index (χ2v) is 4.56. The molecule has 1 aromatic carbocycles. The van der Waals surface area contributed by atoms with Crippen molar-refractivity contribution in [2.45, 2.75) is 18.2 Å². The molecule has 0 aromatic heterocycles. The molecule has 0 saturated heterocycles. The van der Waals surface area contributed by atoms with Gasteiger partial charge in [-0.2, -0.15) is 0 Å². The van der Waals surface area contributed by atoms with Crippen LogP contribution in [0.4, 0.5) is 8.78 Å². The van der Waals surface area contributed by atoms with Crippen molar-refractivity contribution in [3.8, 4) is 5.75 Å². The highest BCUT2D eigenvalue weighted by molar-refractivity contribution is 9.10. The van der Waals surface area contributed by atoms with Gasteiger partial charge in [0.15, 0.2) is 0 Å². The van der Waals surface area contributed by atoms with E-state index in [9.17, 15) is 8.78 Å². The minimum atomic E-state index is -2.99. The van der Waals surface area contributed by atoms with E-state index in [1.165, 1.54) is 13.2 Å². The molecule has 1 nitrogen and oxygen atoms in total. The molecule has 0 aliphatic heterocycles. The Balaban J connectivity index is 3.17. The van der Waals surface area contributed by atoms with Gasteiger partial charge in [0.25, 0.3) is 5.92 Å². The zero-order valence-corrected chi connectivity index (χ0v) is 10.6. The monoisotopic (exact) mass is 298 g/mol. The Hall–Kier alpha value is -0.350. The first kappa shape index (κ1) is 12.7. The summed E-state index contributed by atoms with van der Waals surface area (Å²) in [5, 5.41) is -1.40. The van der Waals surface area contributed by atoms with E-state index in [1.54, 1.807) is 12.1 Å². The van der Waals surface area contributed by atoms with Crippen LogP contribution in [0.2, 0.25) is 0 Å². The minimum absolute atomic E-state index is 0.279. The van der Waals surface area contributed by atoms with Gasteiger partial charge in [0, 0.05) is 17.0 Å². The van der Waals surface area contributed by atoms with Crippen molar-refractivity contribution in [3.05, 3.63) is 28.2 Å². The molecule has 0 spiro atoms. The Morgan fingerprint density at radius 1 is 1.47 bits per heavy atom. The number of hydrogen-bond donors (Lipinski definition) is 0. The van der Waals surface area contributed by atoms with Gasteiger partial charge >= 0.3 is 0 Å². The van der Waals surface area contributed by atoms with Crippen LogP contribution in [0.1, 0.15) is 17.9 Å². The van der Waals surface area contributed by atoms with Crippen LogP contribution in [0.3, 0.4) is 0 Å². The van der Waals surface area contributed by atoms with Crippen LogP contribution < -0.4 is 4.74 Å². The topological polar surface area (TPSA) is 9.23 Å². The van der Waals surface area contributed by atoms with Crippen LogP contribution in [0, 0.1) is 0 Å². The van der Waals surface area contributed by atoms with Crippen LogP contribution in [-0.4, -0.2) is 13.0 Å². The molecule has 0 bridgehead atoms. The largest absolute Gasteiger partial charge is 0.496 e. The molecular formula is C10H10BrClF2O. The molecule has 0 N–H and O–H groups in total. The number of rotatable bonds is 3. The van der Waals surface area contributed by atoms with Crippen LogP contribution in [0.5, 0.6) is 5.75 Å². The molecule has 84 valence electrons. The van der Waals surface area contributed by atoms with Gasteiger partial charge in [0.2, 0.25) is 0 Å². The van der Waals surface area contributed by atoms with Crippen molar-refractivity contribution in [2.24, 2.45) is 0 Å². The highest BCUT2D eigenvalue weighted by Crippen LogP contribution is 2.41. The van der Waals surface area contributed by atoms with E-state index in [1.807, 2.05) is 0 Å². The fraction of sp³-hybridized carbons (Fsp3) is 0.400. The summed E-state index contributed by atoms with van der Waals surface area (Å²) in [4.78, 5) is 0. The van der Waals surface area contributed by atoms with Crippen molar-refractivity contribution in [2.75, 3.05) is 7.11 Å². The SMILES string of the molecule is COc1ccc(Br)cc1C(Cl)C(C)(F)F. The summed E-state index contributed by atoms with van der Waals surface area (Å²) >= 11 is 8.89. The maximum absolute atomic E-state index is 13.0. The molecule has 0 aliphatic rings. The van der Waals surface area contributed by atoms with Crippen LogP contribution in [0.15, 0.2) is 22.7 Å². The van der Waals surface area contributed by atoms with Crippen molar-refractivity contribution in [1.82, 2.24) is 0 Å². The van der Waals surface area contributed by atoms with Gasteiger partial charge in [-0.05, 0) is 18.2 Å². The maximum atomic E-state index is 13.0. The number of alkyl halides is 3. The summed E-state index contributed by atoms with van der Waals surface area (Å²) in [6.45, 7) is 0.783. The summed E-state index contributed by atoms with van der Waals surface area (Å²) < 4.78 is 31.8. The Morgan fingerprint density at radius 2 is 2.07 bits per heavy atom. The molecule has 1 unspecified atom stereocenters. The summed E-state index contributed by atoms with van der Waals surface area (Å²) in [7, 11) is 1.42. The molecule has 0 fully saturated rings. The summed E-state index contributed by atoms with van der Waals surface area (Å²) in [6.07, 6.45) is 0. The Morgan fingerprint density at radius 3 is 2.53 bits per heavy atom. The third kappa shape index (κ3) is 3.05. The average Bonchev–Trinajstić information content (AvgIpc) is 2.15. The van der Waals surface area contributed by atoms with E-state index in [0.29, 0.717) is 10.2 Å². The molecule has 1 atom stereocenters. The quantitative estimate of drug-likeness (QED) is 0.752. The van der Waals surface area contributed by atoms with Crippen molar-refractivity contribution in [1.29, 1.82) is 0 Å². The van der Waals surface area contributed by atoms with Gasteiger partial charge in [-0.15, -0.1) is 11.6 Å². The van der Waals surface area contributed by atoms with E-state index in [4.69, 9.17) is 16.3 Å². The van der Waals surface area contributed by atoms with E-state index in [2.05, 4.69) is 15.9 Å². The third-order valence-electron chi connectivity index (χ3n) is 1.91. The molecule has 0 heterocycles. The molecule has 0 saturated carbocycles. The highest BCUT2D eigenvalue weighted by Gasteiger charge is 2.35. The number of benzene rings is 1. The molecule has 0 radical (unpaired) electrons. The van der Waals surface area contributed by atoms with Crippen LogP contribution in [0.25, 0.3) is 0 Å². The van der Waals surface area contributed by atoms with Gasteiger partial charge in [-0.3, -0.25) is 0 Å². The smallest absolute Gasteiger partial charge is 0.265 e. The predicted octanol–water partition coefficient (Wildman–Crippen LogP) is 4.39. The molecule has 5 heteroatoms. The lowest BCUT2D eigenvalue weighted by Crippen LogP contribution is -2.18. The average molecular weight is 300 g/mol. The maximum Gasteiger partial charge on any atom is 0.265 e. The number of ether oxygens (including phenoxy) is 1. The first-order chi connectivity index (χ1) is 6.86. The van der Waals surface area contributed by atoms with Crippen molar-refractivity contribution >= 4 is 27.5 Å². The molecule has 0 amide bonds. The van der Waals surface area contributed by atoms with Crippen molar-refractivity contribution < 1.29 is 13.5 Å². The van der Waals surface area contributed by atoms with E-state index >= 15 is 0 Å². The van der Waals surface area contributed by atoms with E-state index in [-0.39, 0.29) is 5.56 Å². The lowest BCUT2D eigenvalue weighted by molar-refractivity contribution is 0.0163. The molecule has 15 heavy (non-hydrogen) atoms. The molecular weight excluding hydrogens is 289 g/mol. The van der Waals surface area contributed by atoms with Gasteiger partial charge in [0.1, 0.15) is 11.1 Å². The summed E-state index contributed by atoms with van der Waals surface area (Å²) in [5.74, 6) is -2.63. The Bertz CT molecular complexity index is 352. The van der Waals surface area contributed by atoms with Gasteiger partial charge < -0.3 is 4.74 Å². The van der Waals surface area contributed by atoms with Gasteiger partial charge in [-0.25, -0.2) is 8.78 Å². The standard InChI is InChI=1S/C10H10BrClF2O/c1-10(13,14)9(12)7-5-6(11)3-4-8(7)15-2/h3-5,9H,1-2H3. The first-order valence-electron chi connectivity index (χ1n) is 4.21. The van der Waals surface area contributed by atoms with Crippen molar-refractivity contribution in [3.63, 3.8) is 0 Å². The second-order valence-electron chi connectivity index (χ2n) is 3.21. The zero-order chi connectivity index (χ0) is 11.6. The lowest BCUT2D eigenvalue weighted by Gasteiger charge is -2.20. The van der Waals surface area contributed by atoms with Crippen LogP contribution in [-0.2, 0) is 0 Å². The lowest BCUT2D eigenvalue weighted by atomic mass is 10.1. The number of halogens is 4. The molecule has 1 rings (SSSR count). The second kappa shape index (κ2) is 4.66. The predicted molar refractivity (Wildman–Crippen MR) is 59.9 cm³/mol. The number of hydrogen-bond acceptors (Lipinski definition) is 1. The zero-order valence-electron chi connectivity index (χ0n) is 8.23. The van der Waals surface area contributed by atoms with Gasteiger partial charge in [0.05, 0.1) is 7.11 Å². The highest BCUT2D eigenvalue weighted by atomic mass is 79.9. The van der Waals surface area contributed by atoms with Gasteiger partial charge in [-0.1, -0.05) is 15.9 Å². The van der Waals surface area contributed by atoms with E-state index in [0.717, 1.165) is 6.92 Å². The normalized spacial score (nSPS) is 13.7. The van der Waals surface area contributed by atoms with E-state index < -0.39 is 11.3 Å². The van der Waals surface area contributed by atoms with Crippen LogP contribution >= 0.6 is 27.5 Å². The fourth-order valence-electron chi connectivity index (χ4n) is 1.18. The minimum Gasteiger partial charge on any atom is -0.496 e. The molecule has 1 aromatic rings. The summed E-state index contributed by atoms with van der Waals surface area (Å²) in [6, 6.07) is 4.84. The Kier molecular flexibility index (Phi) is 3.95. The summed E-state index contributed by atoms with van der Waals surface area (Å²) in [5.41, 5.74) is 0.279. The third-order valence-corrected chi connectivity index (χ3v) is 3.02. The first-order valence-corrected chi connectivity index (χ1v) is 5.44. The number of methoxy groups -OCH3 is 1. The fourth-order valence-corrected chi connectivity index (χ4v) is 1.73. The Labute approximate surface area is 101 Å².